The molecule has 0 saturated heterocycles. The number of nitrogens with zero attached hydrogens (tertiary/aromatic N) is 1. The molecule has 5 heteroatoms. The van der Waals surface area contributed by atoms with Gasteiger partial charge in [0.25, 0.3) is 0 Å². The molecule has 1 aromatic heterocycles. The van der Waals surface area contributed by atoms with E-state index in [0.717, 1.165) is 22.5 Å². The maximum absolute atomic E-state index is 6.37. The molecule has 0 amide bonds. The fraction of sp³-hybridized carbons (Fsp3) is 0.375. The molecule has 0 aliphatic rings. The second-order valence-electron chi connectivity index (χ2n) is 5.23. The fourth-order valence-electron chi connectivity index (χ4n) is 2.44. The third-order valence-electron chi connectivity index (χ3n) is 3.58. The number of hydrogen-bond acceptors (Lipinski definition) is 3. The van der Waals surface area contributed by atoms with Gasteiger partial charge >= 0.3 is 0 Å². The maximum Gasteiger partial charge on any atom is 0.0594 e. The predicted octanol–water partition coefficient (Wildman–Crippen LogP) is 5.07. The summed E-state index contributed by atoms with van der Waals surface area (Å²) in [6.45, 7) is 2.99. The van der Waals surface area contributed by atoms with Gasteiger partial charge in [0.15, 0.2) is 0 Å². The Balaban J connectivity index is 2.18. The summed E-state index contributed by atoms with van der Waals surface area (Å²) in [5, 5.41) is 2.88. The first-order valence-electron chi connectivity index (χ1n) is 6.95. The van der Waals surface area contributed by atoms with E-state index in [9.17, 15) is 0 Å². The Morgan fingerprint density at radius 1 is 1.33 bits per heavy atom. The van der Waals surface area contributed by atoms with E-state index in [1.807, 2.05) is 12.1 Å². The van der Waals surface area contributed by atoms with Crippen molar-refractivity contribution in [1.82, 2.24) is 4.90 Å². The van der Waals surface area contributed by atoms with Crippen molar-refractivity contribution in [2.24, 2.45) is 5.73 Å². The highest BCUT2D eigenvalue weighted by molar-refractivity contribution is 9.10. The SMILES string of the molecule is CCC(N)C(c1cc(Br)cs1)N(C)Cc1ccc(Cl)cc1. The van der Waals surface area contributed by atoms with Crippen LogP contribution < -0.4 is 5.73 Å². The average Bonchev–Trinajstić information content (AvgIpc) is 2.87. The topological polar surface area (TPSA) is 29.3 Å². The molecule has 1 aromatic carbocycles. The standard InChI is InChI=1S/C16H20BrClN2S/c1-3-14(19)16(15-8-12(17)10-21-15)20(2)9-11-4-6-13(18)7-5-11/h4-8,10,14,16H,3,9,19H2,1-2H3. The van der Waals surface area contributed by atoms with Crippen LogP contribution in [0.15, 0.2) is 40.2 Å². The van der Waals surface area contributed by atoms with Gasteiger partial charge in [-0.2, -0.15) is 0 Å². The van der Waals surface area contributed by atoms with Crippen molar-refractivity contribution >= 4 is 38.9 Å². The first kappa shape index (κ1) is 17.0. The lowest BCUT2D eigenvalue weighted by molar-refractivity contribution is 0.205. The van der Waals surface area contributed by atoms with Gasteiger partial charge in [-0.3, -0.25) is 4.90 Å². The van der Waals surface area contributed by atoms with Crippen LogP contribution in [0.2, 0.25) is 5.02 Å². The van der Waals surface area contributed by atoms with Crippen molar-refractivity contribution in [2.75, 3.05) is 7.05 Å². The van der Waals surface area contributed by atoms with Gasteiger partial charge in [-0.1, -0.05) is 30.7 Å². The van der Waals surface area contributed by atoms with Crippen molar-refractivity contribution in [3.8, 4) is 0 Å². The molecule has 114 valence electrons. The molecular formula is C16H20BrClN2S. The van der Waals surface area contributed by atoms with Crippen LogP contribution in [0.1, 0.15) is 29.8 Å². The predicted molar refractivity (Wildman–Crippen MR) is 95.9 cm³/mol. The normalized spacial score (nSPS) is 14.4. The number of hydrogen-bond donors (Lipinski definition) is 1. The number of benzene rings is 1. The lowest BCUT2D eigenvalue weighted by Crippen LogP contribution is -2.38. The number of nitrogens with two attached hydrogens (primary N) is 1. The average molecular weight is 388 g/mol. The van der Waals surface area contributed by atoms with E-state index in [0.29, 0.717) is 0 Å². The molecule has 0 spiro atoms. The van der Waals surface area contributed by atoms with Crippen LogP contribution in [0.3, 0.4) is 0 Å². The summed E-state index contributed by atoms with van der Waals surface area (Å²) in [6.07, 6.45) is 0.950. The molecule has 0 aliphatic heterocycles. The summed E-state index contributed by atoms with van der Waals surface area (Å²) < 4.78 is 1.12. The highest BCUT2D eigenvalue weighted by Crippen LogP contribution is 2.32. The number of rotatable bonds is 6. The number of likely N-dealkylation sites (N-methyl/N-ethyl adjacent to an activating group) is 1. The van der Waals surface area contributed by atoms with Gasteiger partial charge in [0.1, 0.15) is 0 Å². The molecule has 0 fully saturated rings. The van der Waals surface area contributed by atoms with Gasteiger partial charge in [0.2, 0.25) is 0 Å². The van der Waals surface area contributed by atoms with Crippen LogP contribution in [-0.2, 0) is 6.54 Å². The Labute approximate surface area is 144 Å². The monoisotopic (exact) mass is 386 g/mol. The first-order valence-corrected chi connectivity index (χ1v) is 9.00. The van der Waals surface area contributed by atoms with Gasteiger partial charge in [-0.15, -0.1) is 11.3 Å². The van der Waals surface area contributed by atoms with E-state index < -0.39 is 0 Å². The Bertz CT molecular complexity index is 570. The quantitative estimate of drug-likeness (QED) is 0.749. The third kappa shape index (κ3) is 4.54. The Kier molecular flexibility index (Phi) is 6.26. The summed E-state index contributed by atoms with van der Waals surface area (Å²) in [4.78, 5) is 3.61. The van der Waals surface area contributed by atoms with Gasteiger partial charge < -0.3 is 5.73 Å². The molecule has 1 heterocycles. The molecule has 21 heavy (non-hydrogen) atoms. The van der Waals surface area contributed by atoms with Crippen molar-refractivity contribution in [1.29, 1.82) is 0 Å². The zero-order valence-corrected chi connectivity index (χ0v) is 15.4. The molecular weight excluding hydrogens is 368 g/mol. The Morgan fingerprint density at radius 2 is 2.00 bits per heavy atom. The molecule has 2 nitrogen and oxygen atoms in total. The highest BCUT2D eigenvalue weighted by Gasteiger charge is 2.24. The van der Waals surface area contributed by atoms with E-state index in [2.05, 4.69) is 58.4 Å². The van der Waals surface area contributed by atoms with E-state index in [1.165, 1.54) is 10.4 Å². The van der Waals surface area contributed by atoms with Crippen molar-refractivity contribution in [3.63, 3.8) is 0 Å². The lowest BCUT2D eigenvalue weighted by atomic mass is 10.0. The minimum Gasteiger partial charge on any atom is -0.326 e. The van der Waals surface area contributed by atoms with Gasteiger partial charge in [0.05, 0.1) is 6.04 Å². The largest absolute Gasteiger partial charge is 0.326 e. The molecule has 2 N–H and O–H groups in total. The van der Waals surface area contributed by atoms with E-state index >= 15 is 0 Å². The fourth-order valence-corrected chi connectivity index (χ4v) is 4.25. The summed E-state index contributed by atoms with van der Waals surface area (Å²) in [7, 11) is 2.13. The second kappa shape index (κ2) is 7.75. The van der Waals surface area contributed by atoms with Crippen LogP contribution in [0.4, 0.5) is 0 Å². The van der Waals surface area contributed by atoms with E-state index in [4.69, 9.17) is 17.3 Å². The van der Waals surface area contributed by atoms with Crippen LogP contribution in [-0.4, -0.2) is 18.0 Å². The summed E-state index contributed by atoms with van der Waals surface area (Å²) in [6, 6.07) is 10.5. The molecule has 2 unspecified atom stereocenters. The molecule has 0 radical (unpaired) electrons. The first-order chi connectivity index (χ1) is 10.0. The third-order valence-corrected chi connectivity index (χ3v) is 5.59. The van der Waals surface area contributed by atoms with Crippen LogP contribution >= 0.6 is 38.9 Å². The maximum atomic E-state index is 6.37. The molecule has 0 saturated carbocycles. The van der Waals surface area contributed by atoms with Crippen LogP contribution in [0.5, 0.6) is 0 Å². The second-order valence-corrected chi connectivity index (χ2v) is 7.52. The minimum atomic E-state index is 0.118. The van der Waals surface area contributed by atoms with Gasteiger partial charge in [-0.25, -0.2) is 0 Å². The zero-order valence-electron chi connectivity index (χ0n) is 12.2. The van der Waals surface area contributed by atoms with Gasteiger partial charge in [-0.05, 0) is 53.2 Å². The number of halogens is 2. The summed E-state index contributed by atoms with van der Waals surface area (Å²) >= 11 is 11.2. The molecule has 2 aromatic rings. The van der Waals surface area contributed by atoms with Crippen LogP contribution in [0.25, 0.3) is 0 Å². The molecule has 2 rings (SSSR count). The van der Waals surface area contributed by atoms with Crippen molar-refractivity contribution in [3.05, 3.63) is 55.6 Å². The summed E-state index contributed by atoms with van der Waals surface area (Å²) in [5.74, 6) is 0. The van der Waals surface area contributed by atoms with Crippen LogP contribution in [0, 0.1) is 0 Å². The van der Waals surface area contributed by atoms with Crippen molar-refractivity contribution < 1.29 is 0 Å². The smallest absolute Gasteiger partial charge is 0.0594 e. The van der Waals surface area contributed by atoms with Crippen molar-refractivity contribution in [2.45, 2.75) is 32.0 Å². The molecule has 0 bridgehead atoms. The molecule has 0 aliphatic carbocycles. The molecule has 2 atom stereocenters. The van der Waals surface area contributed by atoms with E-state index in [1.54, 1.807) is 11.3 Å². The highest BCUT2D eigenvalue weighted by atomic mass is 79.9. The Morgan fingerprint density at radius 3 is 2.52 bits per heavy atom. The minimum absolute atomic E-state index is 0.118. The summed E-state index contributed by atoms with van der Waals surface area (Å²) in [5.41, 5.74) is 7.61. The Hall–Kier alpha value is -0.390. The van der Waals surface area contributed by atoms with E-state index in [-0.39, 0.29) is 12.1 Å². The lowest BCUT2D eigenvalue weighted by Gasteiger charge is -2.31. The van der Waals surface area contributed by atoms with Gasteiger partial charge in [0, 0.05) is 32.3 Å². The zero-order chi connectivity index (χ0) is 15.4. The number of thiophene rings is 1.